The maximum atomic E-state index is 4.91. The highest BCUT2D eigenvalue weighted by atomic mass is 15.0. The van der Waals surface area contributed by atoms with E-state index in [9.17, 15) is 0 Å². The second-order valence-corrected chi connectivity index (χ2v) is 13.1. The molecule has 2 aliphatic rings. The molecule has 0 radical (unpaired) electrons. The van der Waals surface area contributed by atoms with Gasteiger partial charge in [0.15, 0.2) is 17.5 Å². The molecule has 0 saturated heterocycles. The summed E-state index contributed by atoms with van der Waals surface area (Å²) in [5.41, 5.74) is 13.8. The molecular formula is C45H35N3. The Morgan fingerprint density at radius 2 is 0.792 bits per heavy atom. The van der Waals surface area contributed by atoms with Crippen molar-refractivity contribution in [1.82, 2.24) is 15.0 Å². The molecule has 2 aliphatic carbocycles. The van der Waals surface area contributed by atoms with Crippen molar-refractivity contribution in [2.24, 2.45) is 0 Å². The summed E-state index contributed by atoms with van der Waals surface area (Å²) in [6, 6.07) is 54.1. The summed E-state index contributed by atoms with van der Waals surface area (Å²) in [6.07, 6.45) is 6.49. The number of fused-ring (bicyclic) bond motifs is 5. The lowest BCUT2D eigenvalue weighted by Crippen LogP contribution is -2.27. The molecule has 1 saturated carbocycles. The Morgan fingerprint density at radius 3 is 1.44 bits per heavy atom. The first kappa shape index (κ1) is 28.5. The molecule has 1 heterocycles. The zero-order valence-corrected chi connectivity index (χ0v) is 26.8. The molecule has 3 heteroatoms. The smallest absolute Gasteiger partial charge is 0.164 e. The zero-order chi connectivity index (χ0) is 31.9. The van der Waals surface area contributed by atoms with Gasteiger partial charge in [0, 0.05) is 22.1 Å². The molecule has 3 nitrogen and oxygen atoms in total. The third-order valence-electron chi connectivity index (χ3n) is 10.3. The molecule has 1 spiro atoms. The monoisotopic (exact) mass is 617 g/mol. The highest BCUT2D eigenvalue weighted by Gasteiger charge is 2.43. The molecule has 7 aromatic rings. The molecule has 230 valence electrons. The molecule has 0 aliphatic heterocycles. The van der Waals surface area contributed by atoms with Gasteiger partial charge in [-0.2, -0.15) is 0 Å². The second-order valence-electron chi connectivity index (χ2n) is 13.1. The predicted molar refractivity (Wildman–Crippen MR) is 196 cm³/mol. The van der Waals surface area contributed by atoms with Gasteiger partial charge in [-0.3, -0.25) is 0 Å². The van der Waals surface area contributed by atoms with Crippen LogP contribution < -0.4 is 0 Å². The largest absolute Gasteiger partial charge is 0.208 e. The lowest BCUT2D eigenvalue weighted by atomic mass is 9.68. The highest BCUT2D eigenvalue weighted by Crippen LogP contribution is 2.56. The van der Waals surface area contributed by atoms with E-state index in [1.807, 2.05) is 60.7 Å². The summed E-state index contributed by atoms with van der Waals surface area (Å²) in [6.45, 7) is 0. The fourth-order valence-electron chi connectivity index (χ4n) is 7.97. The van der Waals surface area contributed by atoms with Crippen LogP contribution in [-0.2, 0) is 5.41 Å². The van der Waals surface area contributed by atoms with E-state index < -0.39 is 0 Å². The number of hydrogen-bond acceptors (Lipinski definition) is 3. The SMILES string of the molecule is c1ccc(-c2nc(-c3ccccc3)nc(-c3ccc(-c4cccc(-c5ccc6c(c5)-c5ccccc5C65CCCCC5)c4)cc3)n2)cc1. The minimum Gasteiger partial charge on any atom is -0.208 e. The van der Waals surface area contributed by atoms with Gasteiger partial charge in [0.05, 0.1) is 0 Å². The molecular weight excluding hydrogens is 583 g/mol. The average Bonchev–Trinajstić information content (AvgIpc) is 3.43. The van der Waals surface area contributed by atoms with E-state index in [1.165, 1.54) is 71.0 Å². The quantitative estimate of drug-likeness (QED) is 0.193. The van der Waals surface area contributed by atoms with Gasteiger partial charge in [0.25, 0.3) is 0 Å². The van der Waals surface area contributed by atoms with Gasteiger partial charge in [0.2, 0.25) is 0 Å². The normalized spacial score (nSPS) is 14.4. The summed E-state index contributed by atoms with van der Waals surface area (Å²) in [7, 11) is 0. The first-order valence-electron chi connectivity index (χ1n) is 17.1. The number of benzene rings is 6. The maximum absolute atomic E-state index is 4.91. The molecule has 9 rings (SSSR count). The maximum Gasteiger partial charge on any atom is 0.164 e. The number of nitrogens with zero attached hydrogens (tertiary/aromatic N) is 3. The minimum absolute atomic E-state index is 0.189. The molecule has 0 atom stereocenters. The van der Waals surface area contributed by atoms with Crippen molar-refractivity contribution in [2.45, 2.75) is 37.5 Å². The summed E-state index contributed by atoms with van der Waals surface area (Å²) in [5, 5.41) is 0. The van der Waals surface area contributed by atoms with Crippen molar-refractivity contribution in [2.75, 3.05) is 0 Å². The highest BCUT2D eigenvalue weighted by molar-refractivity contribution is 5.85. The van der Waals surface area contributed by atoms with Crippen LogP contribution >= 0.6 is 0 Å². The van der Waals surface area contributed by atoms with Gasteiger partial charge in [-0.05, 0) is 69.5 Å². The van der Waals surface area contributed by atoms with E-state index in [0.29, 0.717) is 17.5 Å². The molecule has 0 unspecified atom stereocenters. The Labute approximate surface area is 282 Å². The van der Waals surface area contributed by atoms with Gasteiger partial charge < -0.3 is 0 Å². The van der Waals surface area contributed by atoms with E-state index in [2.05, 4.69) is 91.0 Å². The topological polar surface area (TPSA) is 38.7 Å². The van der Waals surface area contributed by atoms with Gasteiger partial charge in [0.1, 0.15) is 0 Å². The van der Waals surface area contributed by atoms with Crippen LogP contribution in [0, 0.1) is 0 Å². The minimum atomic E-state index is 0.189. The van der Waals surface area contributed by atoms with Crippen molar-refractivity contribution in [3.05, 3.63) is 163 Å². The summed E-state index contributed by atoms with van der Waals surface area (Å²) < 4.78 is 0. The summed E-state index contributed by atoms with van der Waals surface area (Å²) in [5.74, 6) is 2.00. The van der Waals surface area contributed by atoms with Gasteiger partial charge in [-0.15, -0.1) is 0 Å². The Morgan fingerprint density at radius 1 is 0.333 bits per heavy atom. The second kappa shape index (κ2) is 11.8. The standard InChI is InChI=1S/C45H35N3/c1-4-13-32(14-5-1)42-46-43(33-15-6-2-7-16-33)48-44(47-42)34-23-21-31(22-24-34)35-17-12-18-36(29-35)37-25-26-41-39(30-37)38-19-8-9-20-40(38)45(41)27-10-3-11-28-45/h1-2,4-9,12-26,29-30H,3,10-11,27-28H2. The van der Waals surface area contributed by atoms with E-state index in [0.717, 1.165) is 22.3 Å². The van der Waals surface area contributed by atoms with Crippen LogP contribution in [0.25, 0.3) is 67.5 Å². The molecule has 0 amide bonds. The first-order chi connectivity index (χ1) is 23.7. The van der Waals surface area contributed by atoms with Crippen LogP contribution in [0.4, 0.5) is 0 Å². The zero-order valence-electron chi connectivity index (χ0n) is 26.8. The van der Waals surface area contributed by atoms with Crippen LogP contribution in [0.1, 0.15) is 43.2 Å². The number of aromatic nitrogens is 3. The van der Waals surface area contributed by atoms with Crippen molar-refractivity contribution in [3.8, 4) is 67.5 Å². The summed E-state index contributed by atoms with van der Waals surface area (Å²) in [4.78, 5) is 14.7. The Balaban J connectivity index is 1.05. The third-order valence-corrected chi connectivity index (χ3v) is 10.3. The van der Waals surface area contributed by atoms with Crippen LogP contribution in [0.3, 0.4) is 0 Å². The van der Waals surface area contributed by atoms with Crippen molar-refractivity contribution in [3.63, 3.8) is 0 Å². The number of rotatable bonds is 5. The molecule has 0 N–H and O–H groups in total. The average molecular weight is 618 g/mol. The van der Waals surface area contributed by atoms with Gasteiger partial charge in [-0.1, -0.05) is 159 Å². The first-order valence-corrected chi connectivity index (χ1v) is 17.1. The van der Waals surface area contributed by atoms with Crippen molar-refractivity contribution >= 4 is 0 Å². The predicted octanol–water partition coefficient (Wildman–Crippen LogP) is 11.4. The summed E-state index contributed by atoms with van der Waals surface area (Å²) >= 11 is 0. The van der Waals surface area contributed by atoms with Crippen LogP contribution in [-0.4, -0.2) is 15.0 Å². The van der Waals surface area contributed by atoms with Crippen molar-refractivity contribution < 1.29 is 0 Å². The van der Waals surface area contributed by atoms with E-state index in [4.69, 9.17) is 15.0 Å². The Hall–Kier alpha value is -5.67. The third kappa shape index (κ3) is 4.94. The van der Waals surface area contributed by atoms with Crippen LogP contribution in [0.5, 0.6) is 0 Å². The lowest BCUT2D eigenvalue weighted by molar-refractivity contribution is 0.353. The fourth-order valence-corrected chi connectivity index (χ4v) is 7.97. The molecule has 1 fully saturated rings. The molecule has 48 heavy (non-hydrogen) atoms. The van der Waals surface area contributed by atoms with Crippen molar-refractivity contribution in [1.29, 1.82) is 0 Å². The van der Waals surface area contributed by atoms with E-state index in [1.54, 1.807) is 0 Å². The van der Waals surface area contributed by atoms with Gasteiger partial charge >= 0.3 is 0 Å². The van der Waals surface area contributed by atoms with E-state index >= 15 is 0 Å². The fraction of sp³-hybridized carbons (Fsp3) is 0.133. The molecule has 1 aromatic heterocycles. The Bertz CT molecular complexity index is 2190. The molecule has 6 aromatic carbocycles. The lowest BCUT2D eigenvalue weighted by Gasteiger charge is -2.36. The van der Waals surface area contributed by atoms with Gasteiger partial charge in [-0.25, -0.2) is 15.0 Å². The van der Waals surface area contributed by atoms with E-state index in [-0.39, 0.29) is 5.41 Å². The van der Waals surface area contributed by atoms with Crippen LogP contribution in [0.2, 0.25) is 0 Å². The Kier molecular flexibility index (Phi) is 7.04. The van der Waals surface area contributed by atoms with Crippen LogP contribution in [0.15, 0.2) is 152 Å². The molecule has 0 bridgehead atoms. The number of hydrogen-bond donors (Lipinski definition) is 0.